The Labute approximate surface area is 100 Å². The molecule has 4 heteroatoms. The molecular weight excluding hydrogens is 217 g/mol. The highest BCUT2D eigenvalue weighted by Crippen LogP contribution is 2.14. The Bertz CT molecular complexity index is 493. The van der Waals surface area contributed by atoms with Crippen LogP contribution >= 0.6 is 0 Å². The van der Waals surface area contributed by atoms with E-state index in [-0.39, 0.29) is 11.9 Å². The Hall–Kier alpha value is -1.68. The summed E-state index contributed by atoms with van der Waals surface area (Å²) in [5, 5.41) is 7.43. The number of nitrogens with one attached hydrogen (secondary N) is 1. The summed E-state index contributed by atoms with van der Waals surface area (Å²) in [5.41, 5.74) is 2.07. The third kappa shape index (κ3) is 3.14. The minimum absolute atomic E-state index is 0.117. The van der Waals surface area contributed by atoms with Gasteiger partial charge in [0.25, 0.3) is 0 Å². The molecule has 0 spiro atoms. The molecular formula is C13H16FN3. The Morgan fingerprint density at radius 2 is 2.29 bits per heavy atom. The number of benzene rings is 1. The van der Waals surface area contributed by atoms with Crippen LogP contribution in [0.25, 0.3) is 0 Å². The van der Waals surface area contributed by atoms with Crippen LogP contribution in [-0.4, -0.2) is 9.78 Å². The van der Waals surface area contributed by atoms with Crippen molar-refractivity contribution in [1.29, 1.82) is 0 Å². The summed E-state index contributed by atoms with van der Waals surface area (Å²) in [6.07, 6.45) is 3.79. The fourth-order valence-corrected chi connectivity index (χ4v) is 1.73. The van der Waals surface area contributed by atoms with Crippen LogP contribution in [0.15, 0.2) is 36.7 Å². The number of hydrogen-bond acceptors (Lipinski definition) is 2. The van der Waals surface area contributed by atoms with Gasteiger partial charge in [-0.1, -0.05) is 12.1 Å². The maximum atomic E-state index is 13.1. The molecule has 0 saturated heterocycles. The first kappa shape index (κ1) is 11.8. The average Bonchev–Trinajstić information content (AvgIpc) is 2.72. The van der Waals surface area contributed by atoms with Crippen LogP contribution in [0.3, 0.4) is 0 Å². The lowest BCUT2D eigenvalue weighted by Crippen LogP contribution is -2.17. The summed E-state index contributed by atoms with van der Waals surface area (Å²) >= 11 is 0. The lowest BCUT2D eigenvalue weighted by molar-refractivity contribution is 0.565. The topological polar surface area (TPSA) is 29.9 Å². The highest BCUT2D eigenvalue weighted by atomic mass is 19.1. The van der Waals surface area contributed by atoms with Crippen LogP contribution in [-0.2, 0) is 13.6 Å². The molecule has 1 aromatic carbocycles. The predicted molar refractivity (Wildman–Crippen MR) is 64.9 cm³/mol. The van der Waals surface area contributed by atoms with E-state index in [1.54, 1.807) is 16.8 Å². The van der Waals surface area contributed by atoms with Gasteiger partial charge in [0.1, 0.15) is 5.82 Å². The molecule has 1 atom stereocenters. The van der Waals surface area contributed by atoms with Crippen molar-refractivity contribution < 1.29 is 4.39 Å². The van der Waals surface area contributed by atoms with Crippen molar-refractivity contribution in [2.45, 2.75) is 19.5 Å². The van der Waals surface area contributed by atoms with Crippen LogP contribution in [0.1, 0.15) is 24.1 Å². The highest BCUT2D eigenvalue weighted by Gasteiger charge is 2.06. The quantitative estimate of drug-likeness (QED) is 0.878. The minimum atomic E-state index is -0.197. The molecule has 0 radical (unpaired) electrons. The Kier molecular flexibility index (Phi) is 3.54. The minimum Gasteiger partial charge on any atom is -0.306 e. The first-order chi connectivity index (χ1) is 8.15. The first-order valence-electron chi connectivity index (χ1n) is 5.61. The smallest absolute Gasteiger partial charge is 0.123 e. The normalized spacial score (nSPS) is 12.6. The number of aryl methyl sites for hydroxylation is 1. The molecule has 0 fully saturated rings. The molecule has 0 amide bonds. The summed E-state index contributed by atoms with van der Waals surface area (Å²) < 4.78 is 14.8. The van der Waals surface area contributed by atoms with Crippen molar-refractivity contribution in [3.63, 3.8) is 0 Å². The van der Waals surface area contributed by atoms with Crippen molar-refractivity contribution >= 4 is 0 Å². The maximum Gasteiger partial charge on any atom is 0.123 e. The molecule has 0 aliphatic rings. The summed E-state index contributed by atoms with van der Waals surface area (Å²) in [5.74, 6) is -0.197. The molecule has 0 aliphatic carbocycles. The van der Waals surface area contributed by atoms with Crippen LogP contribution in [0.4, 0.5) is 4.39 Å². The van der Waals surface area contributed by atoms with Gasteiger partial charge in [-0.25, -0.2) is 4.39 Å². The van der Waals surface area contributed by atoms with Crippen LogP contribution in [0, 0.1) is 5.82 Å². The van der Waals surface area contributed by atoms with E-state index in [0.29, 0.717) is 0 Å². The molecule has 2 rings (SSSR count). The van der Waals surface area contributed by atoms with Crippen molar-refractivity contribution in [3.05, 3.63) is 53.6 Å². The second-order valence-electron chi connectivity index (χ2n) is 4.18. The second kappa shape index (κ2) is 5.10. The maximum absolute atomic E-state index is 13.1. The van der Waals surface area contributed by atoms with E-state index >= 15 is 0 Å². The molecule has 17 heavy (non-hydrogen) atoms. The molecule has 2 aromatic rings. The Balaban J connectivity index is 1.95. The van der Waals surface area contributed by atoms with Gasteiger partial charge in [0.15, 0.2) is 0 Å². The van der Waals surface area contributed by atoms with Crippen LogP contribution < -0.4 is 5.32 Å². The summed E-state index contributed by atoms with van der Waals surface area (Å²) in [6.45, 7) is 2.75. The SMILES string of the molecule is C[C@H](NCc1cnn(C)c1)c1cccc(F)c1. The molecule has 1 N–H and O–H groups in total. The second-order valence-corrected chi connectivity index (χ2v) is 4.18. The zero-order valence-corrected chi connectivity index (χ0v) is 10.0. The molecule has 90 valence electrons. The van der Waals surface area contributed by atoms with E-state index in [2.05, 4.69) is 10.4 Å². The Morgan fingerprint density at radius 1 is 1.47 bits per heavy atom. The summed E-state index contributed by atoms with van der Waals surface area (Å²) in [7, 11) is 1.89. The third-order valence-electron chi connectivity index (χ3n) is 2.72. The zero-order chi connectivity index (χ0) is 12.3. The van der Waals surface area contributed by atoms with Gasteiger partial charge >= 0.3 is 0 Å². The van der Waals surface area contributed by atoms with E-state index in [9.17, 15) is 4.39 Å². The molecule has 3 nitrogen and oxygen atoms in total. The van der Waals surface area contributed by atoms with Gasteiger partial charge in [0.2, 0.25) is 0 Å². The Morgan fingerprint density at radius 3 is 2.94 bits per heavy atom. The number of hydrogen-bond donors (Lipinski definition) is 1. The van der Waals surface area contributed by atoms with Crippen LogP contribution in [0.5, 0.6) is 0 Å². The third-order valence-corrected chi connectivity index (χ3v) is 2.72. The van der Waals surface area contributed by atoms with Gasteiger partial charge in [-0.3, -0.25) is 4.68 Å². The molecule has 0 bridgehead atoms. The van der Waals surface area contributed by atoms with Crippen molar-refractivity contribution in [1.82, 2.24) is 15.1 Å². The first-order valence-corrected chi connectivity index (χ1v) is 5.61. The lowest BCUT2D eigenvalue weighted by Gasteiger charge is -2.13. The van der Waals surface area contributed by atoms with Gasteiger partial charge in [0.05, 0.1) is 6.20 Å². The summed E-state index contributed by atoms with van der Waals surface area (Å²) in [6, 6.07) is 6.78. The van der Waals surface area contributed by atoms with E-state index in [1.807, 2.05) is 32.4 Å². The van der Waals surface area contributed by atoms with E-state index < -0.39 is 0 Å². The molecule has 1 heterocycles. The summed E-state index contributed by atoms with van der Waals surface area (Å²) in [4.78, 5) is 0. The highest BCUT2D eigenvalue weighted by molar-refractivity contribution is 5.19. The van der Waals surface area contributed by atoms with Gasteiger partial charge in [-0.05, 0) is 24.6 Å². The van der Waals surface area contributed by atoms with Crippen molar-refractivity contribution in [2.24, 2.45) is 7.05 Å². The fourth-order valence-electron chi connectivity index (χ4n) is 1.73. The molecule has 0 saturated carbocycles. The average molecular weight is 233 g/mol. The number of halogens is 1. The van der Waals surface area contributed by atoms with Gasteiger partial charge in [-0.15, -0.1) is 0 Å². The van der Waals surface area contributed by atoms with E-state index in [4.69, 9.17) is 0 Å². The van der Waals surface area contributed by atoms with Crippen molar-refractivity contribution in [3.8, 4) is 0 Å². The largest absolute Gasteiger partial charge is 0.306 e. The number of nitrogens with zero attached hydrogens (tertiary/aromatic N) is 2. The lowest BCUT2D eigenvalue weighted by atomic mass is 10.1. The standard InChI is InChI=1S/C13H16FN3/c1-10(12-4-3-5-13(14)6-12)15-7-11-8-16-17(2)9-11/h3-6,8-10,15H,7H2,1-2H3/t10-/m0/s1. The van der Waals surface area contributed by atoms with Gasteiger partial charge < -0.3 is 5.32 Å². The number of aromatic nitrogens is 2. The van der Waals surface area contributed by atoms with Gasteiger partial charge in [-0.2, -0.15) is 5.10 Å². The van der Waals surface area contributed by atoms with Gasteiger partial charge in [0, 0.05) is 31.4 Å². The molecule has 1 aromatic heterocycles. The van der Waals surface area contributed by atoms with Crippen molar-refractivity contribution in [2.75, 3.05) is 0 Å². The van der Waals surface area contributed by atoms with E-state index in [0.717, 1.165) is 17.7 Å². The predicted octanol–water partition coefficient (Wildman–Crippen LogP) is 2.41. The molecule has 0 unspecified atom stereocenters. The van der Waals surface area contributed by atoms with Crippen LogP contribution in [0.2, 0.25) is 0 Å². The molecule has 0 aliphatic heterocycles. The zero-order valence-electron chi connectivity index (χ0n) is 10.0. The number of rotatable bonds is 4. The van der Waals surface area contributed by atoms with E-state index in [1.165, 1.54) is 6.07 Å². The monoisotopic (exact) mass is 233 g/mol. The fraction of sp³-hybridized carbons (Fsp3) is 0.308.